The zero-order valence-corrected chi connectivity index (χ0v) is 13.4. The molecule has 3 rings (SSSR count). The number of amides is 2. The Bertz CT molecular complexity index is 834. The van der Waals surface area contributed by atoms with E-state index in [0.717, 1.165) is 24.3 Å². The molecule has 0 aromatic heterocycles. The van der Waals surface area contributed by atoms with Crippen LogP contribution in [0.5, 0.6) is 0 Å². The maximum Gasteiger partial charge on any atom is 0.416 e. The molecule has 1 fully saturated rings. The molecule has 1 N–H and O–H groups in total. The minimum absolute atomic E-state index is 0.00619. The Hall–Kier alpha value is -2.90. The predicted octanol–water partition coefficient (Wildman–Crippen LogP) is 3.84. The highest BCUT2D eigenvalue weighted by Gasteiger charge is 2.36. The van der Waals surface area contributed by atoms with E-state index in [1.807, 2.05) is 0 Å². The van der Waals surface area contributed by atoms with Crippen LogP contribution < -0.4 is 10.2 Å². The lowest BCUT2D eigenvalue weighted by Gasteiger charge is -2.17. The number of nitrogens with zero attached hydrogens (tertiary/aromatic N) is 1. The van der Waals surface area contributed by atoms with Gasteiger partial charge < -0.3 is 10.2 Å². The monoisotopic (exact) mass is 366 g/mol. The molecule has 1 heterocycles. The van der Waals surface area contributed by atoms with Gasteiger partial charge in [-0.2, -0.15) is 13.2 Å². The number of benzene rings is 2. The number of rotatable bonds is 3. The molecule has 2 aromatic rings. The Labute approximate surface area is 146 Å². The van der Waals surface area contributed by atoms with Gasteiger partial charge in [-0.25, -0.2) is 4.39 Å². The molecule has 26 heavy (non-hydrogen) atoms. The number of alkyl halides is 3. The quantitative estimate of drug-likeness (QED) is 0.840. The standard InChI is InChI=1S/C18H14F4N2O2/c19-14-3-1-2-4-15(14)24-10-11(9-16(24)25)17(26)23-13-7-5-12(6-8-13)18(20,21)22/h1-8,11H,9-10H2,(H,23,26)/t11-/m1/s1. The summed E-state index contributed by atoms with van der Waals surface area (Å²) >= 11 is 0. The maximum absolute atomic E-state index is 13.8. The van der Waals surface area contributed by atoms with Gasteiger partial charge in [0.2, 0.25) is 11.8 Å². The molecule has 4 nitrogen and oxygen atoms in total. The molecule has 136 valence electrons. The largest absolute Gasteiger partial charge is 0.416 e. The Balaban J connectivity index is 1.68. The number of carbonyl (C=O) groups excluding carboxylic acids is 2. The highest BCUT2D eigenvalue weighted by Crippen LogP contribution is 2.31. The van der Waals surface area contributed by atoms with E-state index in [2.05, 4.69) is 5.32 Å². The number of para-hydroxylation sites is 1. The van der Waals surface area contributed by atoms with E-state index < -0.39 is 29.4 Å². The van der Waals surface area contributed by atoms with Crippen molar-refractivity contribution in [1.29, 1.82) is 0 Å². The molecule has 2 aromatic carbocycles. The third-order valence-electron chi connectivity index (χ3n) is 4.12. The van der Waals surface area contributed by atoms with E-state index in [1.165, 1.54) is 23.1 Å². The molecule has 1 aliphatic heterocycles. The third kappa shape index (κ3) is 3.68. The molecule has 8 heteroatoms. The number of hydrogen-bond acceptors (Lipinski definition) is 2. The second-order valence-corrected chi connectivity index (χ2v) is 5.92. The van der Waals surface area contributed by atoms with Crippen molar-refractivity contribution in [1.82, 2.24) is 0 Å². The average molecular weight is 366 g/mol. The Kier molecular flexibility index (Phi) is 4.67. The van der Waals surface area contributed by atoms with E-state index in [9.17, 15) is 27.2 Å². The zero-order chi connectivity index (χ0) is 18.9. The Morgan fingerprint density at radius 2 is 1.73 bits per heavy atom. The minimum Gasteiger partial charge on any atom is -0.326 e. The van der Waals surface area contributed by atoms with Crippen LogP contribution >= 0.6 is 0 Å². The molecule has 0 spiro atoms. The molecule has 1 aliphatic rings. The van der Waals surface area contributed by atoms with Crippen LogP contribution in [0, 0.1) is 11.7 Å². The van der Waals surface area contributed by atoms with Gasteiger partial charge in [-0.1, -0.05) is 12.1 Å². The van der Waals surface area contributed by atoms with Gasteiger partial charge in [0.05, 0.1) is 17.2 Å². The molecular weight excluding hydrogens is 352 g/mol. The molecule has 1 atom stereocenters. The van der Waals surface area contributed by atoms with Crippen molar-refractivity contribution in [3.63, 3.8) is 0 Å². The van der Waals surface area contributed by atoms with Crippen molar-refractivity contribution in [2.45, 2.75) is 12.6 Å². The summed E-state index contributed by atoms with van der Waals surface area (Å²) in [5, 5.41) is 2.49. The summed E-state index contributed by atoms with van der Waals surface area (Å²) in [6.45, 7) is 0.00619. The summed E-state index contributed by atoms with van der Waals surface area (Å²) in [6.07, 6.45) is -4.55. The van der Waals surface area contributed by atoms with Crippen molar-refractivity contribution in [2.24, 2.45) is 5.92 Å². The van der Waals surface area contributed by atoms with Crippen LogP contribution in [0.3, 0.4) is 0 Å². The normalized spacial score (nSPS) is 17.5. The predicted molar refractivity (Wildman–Crippen MR) is 86.9 cm³/mol. The third-order valence-corrected chi connectivity index (χ3v) is 4.12. The molecule has 0 bridgehead atoms. The molecule has 0 aliphatic carbocycles. The number of halogens is 4. The first kappa shape index (κ1) is 17.9. The van der Waals surface area contributed by atoms with Gasteiger partial charge in [-0.15, -0.1) is 0 Å². The highest BCUT2D eigenvalue weighted by atomic mass is 19.4. The van der Waals surface area contributed by atoms with Gasteiger partial charge in [0.1, 0.15) is 5.82 Å². The van der Waals surface area contributed by atoms with Gasteiger partial charge in [-0.05, 0) is 36.4 Å². The van der Waals surface area contributed by atoms with Crippen LogP contribution in [0.15, 0.2) is 48.5 Å². The maximum atomic E-state index is 13.8. The number of carbonyl (C=O) groups is 2. The minimum atomic E-state index is -4.46. The number of hydrogen-bond donors (Lipinski definition) is 1. The zero-order valence-electron chi connectivity index (χ0n) is 13.4. The van der Waals surface area contributed by atoms with Crippen molar-refractivity contribution in [3.05, 3.63) is 59.9 Å². The molecule has 0 saturated carbocycles. The molecule has 0 radical (unpaired) electrons. The Morgan fingerprint density at radius 3 is 2.35 bits per heavy atom. The van der Waals surface area contributed by atoms with E-state index in [-0.39, 0.29) is 30.2 Å². The van der Waals surface area contributed by atoms with E-state index in [1.54, 1.807) is 6.07 Å². The second kappa shape index (κ2) is 6.78. The van der Waals surface area contributed by atoms with E-state index in [4.69, 9.17) is 0 Å². The lowest BCUT2D eigenvalue weighted by molar-refractivity contribution is -0.137. The van der Waals surface area contributed by atoms with Crippen molar-refractivity contribution in [2.75, 3.05) is 16.8 Å². The second-order valence-electron chi connectivity index (χ2n) is 5.92. The van der Waals surface area contributed by atoms with Crippen LogP contribution in [-0.4, -0.2) is 18.4 Å². The van der Waals surface area contributed by atoms with Gasteiger partial charge in [0, 0.05) is 18.7 Å². The fourth-order valence-electron chi connectivity index (χ4n) is 2.77. The highest BCUT2D eigenvalue weighted by molar-refractivity contribution is 6.03. The molecule has 1 saturated heterocycles. The fourth-order valence-corrected chi connectivity index (χ4v) is 2.77. The summed E-state index contributed by atoms with van der Waals surface area (Å²) in [6, 6.07) is 9.76. The average Bonchev–Trinajstić information content (AvgIpc) is 2.97. The van der Waals surface area contributed by atoms with E-state index in [0.29, 0.717) is 0 Å². The van der Waals surface area contributed by atoms with Gasteiger partial charge in [-0.3, -0.25) is 9.59 Å². The summed E-state index contributed by atoms with van der Waals surface area (Å²) < 4.78 is 51.5. The van der Waals surface area contributed by atoms with Gasteiger partial charge in [0.15, 0.2) is 0 Å². The first-order valence-electron chi connectivity index (χ1n) is 7.79. The summed E-state index contributed by atoms with van der Waals surface area (Å²) in [5.41, 5.74) is -0.528. The molecule has 0 unspecified atom stereocenters. The first-order valence-corrected chi connectivity index (χ1v) is 7.79. The first-order chi connectivity index (χ1) is 12.3. The van der Waals surface area contributed by atoms with Crippen LogP contribution in [0.1, 0.15) is 12.0 Å². The summed E-state index contributed by atoms with van der Waals surface area (Å²) in [4.78, 5) is 25.6. The van der Waals surface area contributed by atoms with Crippen molar-refractivity contribution >= 4 is 23.2 Å². The SMILES string of the molecule is O=C(Nc1ccc(C(F)(F)F)cc1)[C@@H]1CC(=O)N(c2ccccc2F)C1. The van der Waals surface area contributed by atoms with Crippen LogP contribution in [0.2, 0.25) is 0 Å². The van der Waals surface area contributed by atoms with Crippen LogP contribution in [0.4, 0.5) is 28.9 Å². The molecule has 2 amide bonds. The lowest BCUT2D eigenvalue weighted by atomic mass is 10.1. The topological polar surface area (TPSA) is 49.4 Å². The molecular formula is C18H14F4N2O2. The number of nitrogens with one attached hydrogen (secondary N) is 1. The Morgan fingerprint density at radius 1 is 1.08 bits per heavy atom. The lowest BCUT2D eigenvalue weighted by Crippen LogP contribution is -2.28. The van der Waals surface area contributed by atoms with Gasteiger partial charge >= 0.3 is 6.18 Å². The number of anilines is 2. The van der Waals surface area contributed by atoms with Gasteiger partial charge in [0.25, 0.3) is 0 Å². The van der Waals surface area contributed by atoms with Crippen LogP contribution in [0.25, 0.3) is 0 Å². The smallest absolute Gasteiger partial charge is 0.326 e. The van der Waals surface area contributed by atoms with E-state index >= 15 is 0 Å². The van der Waals surface area contributed by atoms with Crippen molar-refractivity contribution < 1.29 is 27.2 Å². The summed E-state index contributed by atoms with van der Waals surface area (Å²) in [7, 11) is 0. The van der Waals surface area contributed by atoms with Crippen molar-refractivity contribution in [3.8, 4) is 0 Å². The van der Waals surface area contributed by atoms with Crippen LogP contribution in [-0.2, 0) is 15.8 Å². The fraction of sp³-hybridized carbons (Fsp3) is 0.222. The summed E-state index contributed by atoms with van der Waals surface area (Å²) in [5.74, 6) is -2.17.